The number of phosphoric ester groups is 1. The van der Waals surface area contributed by atoms with E-state index in [9.17, 15) is 14.3 Å². The van der Waals surface area contributed by atoms with Gasteiger partial charge in [0.15, 0.2) is 0 Å². The normalized spacial score (nSPS) is 13.9. The molecule has 1 aromatic rings. The topological polar surface area (TPSA) is 82.1 Å². The predicted octanol–water partition coefficient (Wildman–Crippen LogP) is 10.5. The summed E-state index contributed by atoms with van der Waals surface area (Å²) in [6.07, 6.45) is 23.4. The Kier molecular flexibility index (Phi) is 24.8. The summed E-state index contributed by atoms with van der Waals surface area (Å²) < 4.78 is 30.2. The van der Waals surface area contributed by atoms with Crippen molar-refractivity contribution in [3.8, 4) is 5.75 Å². The van der Waals surface area contributed by atoms with Crippen LogP contribution in [0, 0.1) is 5.92 Å². The summed E-state index contributed by atoms with van der Waals surface area (Å²) in [5, 5.41) is 0. The van der Waals surface area contributed by atoms with Gasteiger partial charge in [-0.1, -0.05) is 128 Å². The first kappa shape index (κ1) is 42.8. The lowest BCUT2D eigenvalue weighted by Crippen LogP contribution is -2.40. The number of ether oxygens (including phenoxy) is 1. The first-order valence-corrected chi connectivity index (χ1v) is 20.3. The molecule has 2 unspecified atom stereocenters. The fourth-order valence-corrected chi connectivity index (χ4v) is 6.51. The highest BCUT2D eigenvalue weighted by Crippen LogP contribution is 2.44. The van der Waals surface area contributed by atoms with Crippen LogP contribution in [0.1, 0.15) is 148 Å². The zero-order chi connectivity index (χ0) is 33.9. The number of hydrogen-bond donors (Lipinski definition) is 1. The number of benzene rings is 1. The molecule has 0 bridgehead atoms. The molecular formula is C38H71NO6P+. The van der Waals surface area contributed by atoms with Crippen molar-refractivity contribution in [3.63, 3.8) is 0 Å². The van der Waals surface area contributed by atoms with Crippen LogP contribution in [-0.4, -0.2) is 62.2 Å². The Morgan fingerprint density at radius 3 is 1.85 bits per heavy atom. The number of nitrogens with zero attached hydrogens (tertiary/aromatic N) is 1. The van der Waals surface area contributed by atoms with Gasteiger partial charge in [-0.2, -0.15) is 0 Å². The number of hydrogen-bond acceptors (Lipinski definition) is 5. The van der Waals surface area contributed by atoms with Gasteiger partial charge in [0.2, 0.25) is 0 Å². The lowest BCUT2D eigenvalue weighted by Gasteiger charge is -2.28. The van der Waals surface area contributed by atoms with Crippen molar-refractivity contribution in [2.24, 2.45) is 5.92 Å². The second-order valence-corrected chi connectivity index (χ2v) is 15.3. The van der Waals surface area contributed by atoms with E-state index in [1.54, 1.807) is 0 Å². The number of carbonyl (C=O) groups excluding carboxylic acids is 1. The Labute approximate surface area is 283 Å². The molecule has 0 saturated carbocycles. The van der Waals surface area contributed by atoms with Crippen molar-refractivity contribution in [2.75, 3.05) is 47.0 Å². The molecule has 268 valence electrons. The number of carbonyl (C=O) groups is 1. The van der Waals surface area contributed by atoms with E-state index < -0.39 is 7.82 Å². The maximum absolute atomic E-state index is 12.6. The highest BCUT2D eigenvalue weighted by atomic mass is 31.2. The standard InChI is InChI=1S/C38H70NO6P/c1-6-9-10-11-12-13-14-15-16-17-18-19-20-21-22-25-30-43-38-28-24-23-27-36(38)32-35(33-37(40)7-2)34-45-46(41,42)44-31-26-29-39(4,5)8-3/h23-24,27-28,35H,6-22,25-26,29-34H2,1-5H3/p+1. The highest BCUT2D eigenvalue weighted by Gasteiger charge is 2.25. The van der Waals surface area contributed by atoms with Gasteiger partial charge < -0.3 is 14.1 Å². The molecule has 1 N–H and O–H groups in total. The van der Waals surface area contributed by atoms with Crippen molar-refractivity contribution in [1.82, 2.24) is 0 Å². The number of Topliss-reactive ketones (excluding diaryl/α,β-unsaturated/α-hetero) is 1. The molecule has 1 aromatic carbocycles. The van der Waals surface area contributed by atoms with Crippen LogP contribution in [0.15, 0.2) is 24.3 Å². The minimum atomic E-state index is -4.20. The summed E-state index contributed by atoms with van der Waals surface area (Å²) in [6.45, 7) is 8.85. The molecule has 0 radical (unpaired) electrons. The molecule has 0 spiro atoms. The number of ketones is 1. The van der Waals surface area contributed by atoms with Crippen LogP contribution in [0.3, 0.4) is 0 Å². The third-order valence-corrected chi connectivity index (χ3v) is 10.1. The minimum absolute atomic E-state index is 0.0243. The molecule has 0 aliphatic carbocycles. The Balaban J connectivity index is 2.34. The average Bonchev–Trinajstić information content (AvgIpc) is 3.04. The van der Waals surface area contributed by atoms with Crippen molar-refractivity contribution in [3.05, 3.63) is 29.8 Å². The van der Waals surface area contributed by atoms with Gasteiger partial charge in [-0.25, -0.2) is 4.57 Å². The van der Waals surface area contributed by atoms with E-state index in [1.165, 1.54) is 96.3 Å². The molecule has 7 nitrogen and oxygen atoms in total. The Morgan fingerprint density at radius 1 is 0.761 bits per heavy atom. The van der Waals surface area contributed by atoms with E-state index >= 15 is 0 Å². The molecule has 0 amide bonds. The van der Waals surface area contributed by atoms with Crippen LogP contribution >= 0.6 is 7.82 Å². The number of unbranched alkanes of at least 4 members (excludes halogenated alkanes) is 15. The van der Waals surface area contributed by atoms with Gasteiger partial charge in [-0.15, -0.1) is 0 Å². The van der Waals surface area contributed by atoms with E-state index in [0.717, 1.165) is 35.3 Å². The van der Waals surface area contributed by atoms with Gasteiger partial charge in [0.25, 0.3) is 0 Å². The molecular weight excluding hydrogens is 597 g/mol. The van der Waals surface area contributed by atoms with E-state index in [-0.39, 0.29) is 31.3 Å². The third-order valence-electron chi connectivity index (χ3n) is 9.14. The summed E-state index contributed by atoms with van der Waals surface area (Å²) in [5.74, 6) is 0.679. The summed E-state index contributed by atoms with van der Waals surface area (Å²) in [7, 11) is 0.0329. The third kappa shape index (κ3) is 23.1. The molecule has 0 aromatic heterocycles. The summed E-state index contributed by atoms with van der Waals surface area (Å²) in [5.41, 5.74) is 0.991. The first-order chi connectivity index (χ1) is 22.1. The second-order valence-electron chi connectivity index (χ2n) is 13.9. The SMILES string of the molecule is CCCCCCCCCCCCCCCCCCOc1ccccc1CC(COP(=O)(O)OCCC[N+](C)(C)CC)CC(=O)CC. The van der Waals surface area contributed by atoms with E-state index in [1.807, 2.05) is 31.2 Å². The lowest BCUT2D eigenvalue weighted by atomic mass is 9.94. The van der Waals surface area contributed by atoms with E-state index in [2.05, 4.69) is 27.9 Å². The van der Waals surface area contributed by atoms with E-state index in [0.29, 0.717) is 25.9 Å². The van der Waals surface area contributed by atoms with Crippen LogP contribution in [-0.2, 0) is 24.8 Å². The monoisotopic (exact) mass is 669 g/mol. The van der Waals surface area contributed by atoms with Crippen molar-refractivity contribution in [1.29, 1.82) is 0 Å². The predicted molar refractivity (Wildman–Crippen MR) is 192 cm³/mol. The molecule has 0 aliphatic rings. The van der Waals surface area contributed by atoms with Crippen LogP contribution in [0.25, 0.3) is 0 Å². The molecule has 0 aliphatic heterocycles. The van der Waals surface area contributed by atoms with Gasteiger partial charge >= 0.3 is 7.82 Å². The van der Waals surface area contributed by atoms with Gasteiger partial charge in [0.1, 0.15) is 11.5 Å². The van der Waals surface area contributed by atoms with Gasteiger partial charge in [0, 0.05) is 19.3 Å². The zero-order valence-corrected chi connectivity index (χ0v) is 31.3. The molecule has 8 heteroatoms. The number of phosphoric acid groups is 1. The number of para-hydroxylation sites is 1. The van der Waals surface area contributed by atoms with Gasteiger partial charge in [-0.05, 0) is 37.3 Å². The molecule has 0 saturated heterocycles. The number of rotatable bonds is 32. The Morgan fingerprint density at radius 2 is 1.30 bits per heavy atom. The fourth-order valence-electron chi connectivity index (χ4n) is 5.68. The maximum atomic E-state index is 12.6. The summed E-state index contributed by atoms with van der Waals surface area (Å²) in [6, 6.07) is 7.91. The van der Waals surface area contributed by atoms with Crippen LogP contribution in [0.5, 0.6) is 5.75 Å². The maximum Gasteiger partial charge on any atom is 0.472 e. The number of quaternary nitrogens is 1. The fraction of sp³-hybridized carbons (Fsp3) is 0.816. The largest absolute Gasteiger partial charge is 0.493 e. The van der Waals surface area contributed by atoms with E-state index in [4.69, 9.17) is 13.8 Å². The van der Waals surface area contributed by atoms with Crippen molar-refractivity contribution in [2.45, 2.75) is 149 Å². The van der Waals surface area contributed by atoms with Crippen LogP contribution in [0.2, 0.25) is 0 Å². The van der Waals surface area contributed by atoms with Gasteiger partial charge in [-0.3, -0.25) is 13.8 Å². The molecule has 46 heavy (non-hydrogen) atoms. The van der Waals surface area contributed by atoms with Crippen molar-refractivity contribution >= 4 is 13.6 Å². The lowest BCUT2D eigenvalue weighted by molar-refractivity contribution is -0.888. The Bertz CT molecular complexity index is 940. The molecule has 1 rings (SSSR count). The van der Waals surface area contributed by atoms with Crippen molar-refractivity contribution < 1.29 is 32.5 Å². The summed E-state index contributed by atoms with van der Waals surface area (Å²) >= 11 is 0. The Hall–Kier alpha value is -1.24. The quantitative estimate of drug-likeness (QED) is 0.0467. The first-order valence-electron chi connectivity index (χ1n) is 18.8. The molecule has 2 atom stereocenters. The van der Waals surface area contributed by atoms with Crippen LogP contribution in [0.4, 0.5) is 0 Å². The van der Waals surface area contributed by atoms with Gasteiger partial charge in [0.05, 0.1) is 47.0 Å². The zero-order valence-electron chi connectivity index (χ0n) is 30.4. The second kappa shape index (κ2) is 26.7. The highest BCUT2D eigenvalue weighted by molar-refractivity contribution is 7.47. The minimum Gasteiger partial charge on any atom is -0.493 e. The van der Waals surface area contributed by atoms with Crippen LogP contribution < -0.4 is 4.74 Å². The average molecular weight is 669 g/mol. The summed E-state index contributed by atoms with van der Waals surface area (Å²) in [4.78, 5) is 22.6. The smallest absolute Gasteiger partial charge is 0.472 e. The molecule has 0 fully saturated rings. The molecule has 0 heterocycles.